The lowest BCUT2D eigenvalue weighted by molar-refractivity contribution is 0.132. The van der Waals surface area contributed by atoms with Crippen LogP contribution < -0.4 is 0 Å². The predicted molar refractivity (Wildman–Crippen MR) is 115 cm³/mol. The minimum atomic E-state index is -1.17. The quantitative estimate of drug-likeness (QED) is 0.351. The van der Waals surface area contributed by atoms with E-state index < -0.39 is 5.60 Å². The molecule has 0 saturated carbocycles. The number of hydrogen-bond acceptors (Lipinski definition) is 1. The second-order valence-corrected chi connectivity index (χ2v) is 7.49. The first-order valence-electron chi connectivity index (χ1n) is 9.61. The van der Waals surface area contributed by atoms with Crippen molar-refractivity contribution in [3.8, 4) is 11.1 Å². The van der Waals surface area contributed by atoms with Crippen LogP contribution in [0.1, 0.15) is 16.7 Å². The molecule has 0 aliphatic heterocycles. The summed E-state index contributed by atoms with van der Waals surface area (Å²) in [4.78, 5) is 0. The van der Waals surface area contributed by atoms with Crippen molar-refractivity contribution in [2.75, 3.05) is 0 Å². The third-order valence-corrected chi connectivity index (χ3v) is 6.08. The molecule has 1 N–H and O–H groups in total. The van der Waals surface area contributed by atoms with E-state index in [0.717, 1.165) is 38.6 Å². The summed E-state index contributed by atoms with van der Waals surface area (Å²) >= 11 is 0. The van der Waals surface area contributed by atoms with Crippen LogP contribution in [-0.4, -0.2) is 5.11 Å². The van der Waals surface area contributed by atoms with E-state index in [4.69, 9.17) is 0 Å². The molecule has 0 heterocycles. The zero-order valence-corrected chi connectivity index (χ0v) is 15.3. The van der Waals surface area contributed by atoms with Crippen molar-refractivity contribution < 1.29 is 5.11 Å². The lowest BCUT2D eigenvalue weighted by atomic mass is 9.80. The van der Waals surface area contributed by atoms with E-state index in [1.165, 1.54) is 10.8 Å². The fraction of sp³-hybridized carbons (Fsp3) is 0.0370. The molecule has 0 spiro atoms. The molecular formula is C27H18O. The molecule has 0 fully saturated rings. The number of rotatable bonds is 1. The molecule has 1 aliphatic carbocycles. The van der Waals surface area contributed by atoms with Crippen LogP contribution in [0.5, 0.6) is 0 Å². The molecule has 132 valence electrons. The molecular weight excluding hydrogens is 340 g/mol. The van der Waals surface area contributed by atoms with Crippen molar-refractivity contribution in [2.45, 2.75) is 5.60 Å². The van der Waals surface area contributed by atoms with Crippen LogP contribution in [0.4, 0.5) is 0 Å². The third-order valence-electron chi connectivity index (χ3n) is 6.08. The Morgan fingerprint density at radius 3 is 1.64 bits per heavy atom. The van der Waals surface area contributed by atoms with Crippen molar-refractivity contribution in [3.63, 3.8) is 0 Å². The van der Waals surface area contributed by atoms with Crippen LogP contribution in [-0.2, 0) is 5.60 Å². The van der Waals surface area contributed by atoms with E-state index in [1.54, 1.807) is 0 Å². The molecule has 1 nitrogen and oxygen atoms in total. The smallest absolute Gasteiger partial charge is 0.142 e. The highest BCUT2D eigenvalue weighted by atomic mass is 16.3. The molecule has 0 amide bonds. The maximum atomic E-state index is 12.3. The Hall–Kier alpha value is -3.42. The van der Waals surface area contributed by atoms with Gasteiger partial charge in [-0.1, -0.05) is 97.1 Å². The molecule has 0 atom stereocenters. The van der Waals surface area contributed by atoms with E-state index in [0.29, 0.717) is 0 Å². The molecule has 0 aromatic heterocycles. The molecule has 28 heavy (non-hydrogen) atoms. The van der Waals surface area contributed by atoms with Gasteiger partial charge in [-0.05, 0) is 38.7 Å². The SMILES string of the molecule is OC1(c2cc3ccccc3c3ccccc23)c2ccccc2-c2ccccc21. The van der Waals surface area contributed by atoms with Gasteiger partial charge in [-0.2, -0.15) is 0 Å². The van der Waals surface area contributed by atoms with Crippen LogP contribution in [0.3, 0.4) is 0 Å². The van der Waals surface area contributed by atoms with Gasteiger partial charge in [0.05, 0.1) is 0 Å². The monoisotopic (exact) mass is 358 g/mol. The molecule has 0 unspecified atom stereocenters. The van der Waals surface area contributed by atoms with Crippen molar-refractivity contribution in [3.05, 3.63) is 120 Å². The highest BCUT2D eigenvalue weighted by Gasteiger charge is 2.43. The second-order valence-electron chi connectivity index (χ2n) is 7.49. The van der Waals surface area contributed by atoms with Crippen molar-refractivity contribution in [2.24, 2.45) is 0 Å². The van der Waals surface area contributed by atoms with Gasteiger partial charge in [-0.15, -0.1) is 0 Å². The summed E-state index contributed by atoms with van der Waals surface area (Å²) in [6.07, 6.45) is 0. The molecule has 1 heteroatoms. The lowest BCUT2D eigenvalue weighted by Gasteiger charge is -2.28. The van der Waals surface area contributed by atoms with Gasteiger partial charge in [0.15, 0.2) is 0 Å². The third kappa shape index (κ3) is 1.89. The van der Waals surface area contributed by atoms with Gasteiger partial charge in [-0.3, -0.25) is 0 Å². The van der Waals surface area contributed by atoms with E-state index in [9.17, 15) is 5.11 Å². The Morgan fingerprint density at radius 1 is 0.464 bits per heavy atom. The topological polar surface area (TPSA) is 20.2 Å². The van der Waals surface area contributed by atoms with Gasteiger partial charge in [0.25, 0.3) is 0 Å². The number of fused-ring (bicyclic) bond motifs is 6. The second kappa shape index (κ2) is 5.54. The summed E-state index contributed by atoms with van der Waals surface area (Å²) in [6.45, 7) is 0. The minimum absolute atomic E-state index is 0.944. The Bertz CT molecular complexity index is 1330. The zero-order chi connectivity index (χ0) is 18.7. The summed E-state index contributed by atoms with van der Waals surface area (Å²) in [5.41, 5.74) is 3.90. The first-order chi connectivity index (χ1) is 13.8. The van der Waals surface area contributed by atoms with Crippen LogP contribution >= 0.6 is 0 Å². The maximum Gasteiger partial charge on any atom is 0.142 e. The summed E-state index contributed by atoms with van der Waals surface area (Å²) in [7, 11) is 0. The maximum absolute atomic E-state index is 12.3. The Kier molecular flexibility index (Phi) is 3.09. The van der Waals surface area contributed by atoms with Gasteiger partial charge in [0, 0.05) is 16.7 Å². The Morgan fingerprint density at radius 2 is 0.964 bits per heavy atom. The Balaban J connectivity index is 1.81. The Labute approximate surface area is 163 Å². The molecule has 5 aromatic carbocycles. The number of aliphatic hydroxyl groups is 1. The van der Waals surface area contributed by atoms with Crippen molar-refractivity contribution >= 4 is 21.5 Å². The largest absolute Gasteiger partial charge is 0.376 e. The molecule has 1 aliphatic rings. The zero-order valence-electron chi connectivity index (χ0n) is 15.3. The summed E-state index contributed by atoms with van der Waals surface area (Å²) in [5, 5.41) is 16.9. The van der Waals surface area contributed by atoms with Crippen LogP contribution in [0.25, 0.3) is 32.7 Å². The van der Waals surface area contributed by atoms with Crippen molar-refractivity contribution in [1.29, 1.82) is 0 Å². The van der Waals surface area contributed by atoms with Gasteiger partial charge in [-0.25, -0.2) is 0 Å². The normalized spacial score (nSPS) is 14.2. The summed E-state index contributed by atoms with van der Waals surface area (Å²) in [5.74, 6) is 0. The van der Waals surface area contributed by atoms with Gasteiger partial charge >= 0.3 is 0 Å². The first kappa shape index (κ1) is 15.6. The molecule has 0 radical (unpaired) electrons. The van der Waals surface area contributed by atoms with Gasteiger partial charge in [0.1, 0.15) is 5.60 Å². The number of benzene rings is 5. The van der Waals surface area contributed by atoms with Crippen LogP contribution in [0.2, 0.25) is 0 Å². The highest BCUT2D eigenvalue weighted by Crippen LogP contribution is 2.52. The average Bonchev–Trinajstić information content (AvgIpc) is 3.03. The highest BCUT2D eigenvalue weighted by molar-refractivity contribution is 6.10. The summed E-state index contributed by atoms with van der Waals surface area (Å²) < 4.78 is 0. The molecule has 0 bridgehead atoms. The van der Waals surface area contributed by atoms with Gasteiger partial charge < -0.3 is 5.11 Å². The standard InChI is InChI=1S/C27H18O/c28-27(24-15-7-5-13-22(24)23-14-6-8-16-25(23)27)26-17-18-9-1-2-10-19(18)20-11-3-4-12-21(20)26/h1-17,28H. The van der Waals surface area contributed by atoms with Gasteiger partial charge in [0.2, 0.25) is 0 Å². The fourth-order valence-corrected chi connectivity index (χ4v) is 4.86. The fourth-order valence-electron chi connectivity index (χ4n) is 4.86. The van der Waals surface area contributed by atoms with E-state index in [2.05, 4.69) is 78.9 Å². The minimum Gasteiger partial charge on any atom is -0.376 e. The first-order valence-corrected chi connectivity index (χ1v) is 9.61. The van der Waals surface area contributed by atoms with Crippen LogP contribution in [0.15, 0.2) is 103 Å². The van der Waals surface area contributed by atoms with E-state index >= 15 is 0 Å². The van der Waals surface area contributed by atoms with E-state index in [-0.39, 0.29) is 0 Å². The summed E-state index contributed by atoms with van der Waals surface area (Å²) in [6, 6.07) is 35.4. The predicted octanol–water partition coefficient (Wildman–Crippen LogP) is 6.26. The van der Waals surface area contributed by atoms with Crippen molar-refractivity contribution in [1.82, 2.24) is 0 Å². The van der Waals surface area contributed by atoms with E-state index in [1.807, 2.05) is 24.3 Å². The molecule has 0 saturated heterocycles. The lowest BCUT2D eigenvalue weighted by Crippen LogP contribution is -2.26. The van der Waals surface area contributed by atoms with Crippen LogP contribution in [0, 0.1) is 0 Å². The molecule has 5 aromatic rings. The molecule has 6 rings (SSSR count). The number of hydrogen-bond donors (Lipinski definition) is 1. The average molecular weight is 358 g/mol.